The van der Waals surface area contributed by atoms with E-state index in [4.69, 9.17) is 11.0 Å². The fourth-order valence-corrected chi connectivity index (χ4v) is 10.1. The van der Waals surface area contributed by atoms with E-state index in [0.29, 0.717) is 37.2 Å². The summed E-state index contributed by atoms with van der Waals surface area (Å²) in [7, 11) is 0. The number of amides is 1. The van der Waals surface area contributed by atoms with Crippen LogP contribution in [0.15, 0.2) is 128 Å². The number of benzene rings is 4. The molecule has 6 N–H and O–H groups in total. The molecule has 2 unspecified atom stereocenters. The van der Waals surface area contributed by atoms with E-state index < -0.39 is 0 Å². The van der Waals surface area contributed by atoms with Gasteiger partial charge < -0.3 is 21.7 Å². The third-order valence-electron chi connectivity index (χ3n) is 13.4. The van der Waals surface area contributed by atoms with E-state index in [-0.39, 0.29) is 11.9 Å². The number of hydrazine groups is 1. The molecule has 340 valence electrons. The Morgan fingerprint density at radius 1 is 0.848 bits per heavy atom. The number of piperidine rings is 1. The Morgan fingerprint density at radius 2 is 1.64 bits per heavy atom. The largest absolute Gasteiger partial charge is 0.398 e. The molecule has 5 aromatic rings. The highest BCUT2D eigenvalue weighted by atomic mass is 16.1. The highest BCUT2D eigenvalue weighted by Crippen LogP contribution is 2.41. The minimum Gasteiger partial charge on any atom is -0.398 e. The molecule has 0 bridgehead atoms. The number of anilines is 2. The fourth-order valence-electron chi connectivity index (χ4n) is 10.1. The van der Waals surface area contributed by atoms with Crippen molar-refractivity contribution in [2.75, 3.05) is 43.4 Å². The van der Waals surface area contributed by atoms with Crippen LogP contribution in [-0.4, -0.2) is 65.9 Å². The Morgan fingerprint density at radius 3 is 2.42 bits per heavy atom. The molecule has 3 aliphatic rings. The van der Waals surface area contributed by atoms with Gasteiger partial charge in [-0.25, -0.2) is 15.0 Å². The van der Waals surface area contributed by atoms with Crippen LogP contribution in [-0.2, 0) is 11.3 Å². The Bertz CT molecular complexity index is 2510. The van der Waals surface area contributed by atoms with Crippen molar-refractivity contribution in [2.24, 2.45) is 11.7 Å². The highest BCUT2D eigenvalue weighted by Gasteiger charge is 2.39. The molecule has 1 aromatic heterocycles. The average Bonchev–Trinajstić information content (AvgIpc) is 3.76. The van der Waals surface area contributed by atoms with Crippen LogP contribution in [0, 0.1) is 17.2 Å². The van der Waals surface area contributed by atoms with Gasteiger partial charge in [0.1, 0.15) is 0 Å². The van der Waals surface area contributed by atoms with Crippen molar-refractivity contribution in [1.82, 2.24) is 20.3 Å². The molecule has 66 heavy (non-hydrogen) atoms. The Hall–Kier alpha value is -6.38. The SMILES string of the molecule is C=CC(=O)Nc1cc(-c2cccc(-c3cncc(C[NH+]=C/C=C(\N)c4cc(-c5ccccc5)ccc4NCCC#N)c3)c2)cc(C2CCN(CC3CCCNC3)N2C2CCCCCCC2)c1. The quantitative estimate of drug-likeness (QED) is 0.0376. The summed E-state index contributed by atoms with van der Waals surface area (Å²) >= 11 is 0. The van der Waals surface area contributed by atoms with Crippen molar-refractivity contribution < 1.29 is 9.79 Å². The molecule has 8 rings (SSSR count). The smallest absolute Gasteiger partial charge is 0.247 e. The van der Waals surface area contributed by atoms with Crippen LogP contribution in [0.5, 0.6) is 0 Å². The van der Waals surface area contributed by atoms with Crippen molar-refractivity contribution in [2.45, 2.75) is 89.3 Å². The van der Waals surface area contributed by atoms with Gasteiger partial charge in [-0.05, 0) is 133 Å². The van der Waals surface area contributed by atoms with Gasteiger partial charge in [-0.3, -0.25) is 9.78 Å². The molecule has 1 aliphatic carbocycles. The van der Waals surface area contributed by atoms with Crippen LogP contribution in [0.1, 0.15) is 93.4 Å². The van der Waals surface area contributed by atoms with Crippen molar-refractivity contribution in [1.29, 1.82) is 5.26 Å². The maximum Gasteiger partial charge on any atom is 0.247 e. The number of hydrogen-bond acceptors (Lipinski definition) is 8. The van der Waals surface area contributed by atoms with Crippen LogP contribution in [0.2, 0.25) is 0 Å². The number of nitriles is 1. The Labute approximate surface area is 391 Å². The second kappa shape index (κ2) is 23.2. The van der Waals surface area contributed by atoms with Gasteiger partial charge in [-0.1, -0.05) is 93.3 Å². The third kappa shape index (κ3) is 12.1. The number of pyridine rings is 1. The Kier molecular flexibility index (Phi) is 16.2. The summed E-state index contributed by atoms with van der Waals surface area (Å²) in [5.41, 5.74) is 18.6. The van der Waals surface area contributed by atoms with Gasteiger partial charge in [0, 0.05) is 77.9 Å². The lowest BCUT2D eigenvalue weighted by Gasteiger charge is -2.42. The minimum absolute atomic E-state index is 0.209. The lowest BCUT2D eigenvalue weighted by atomic mass is 9.92. The number of nitrogens with two attached hydrogens (primary N) is 1. The van der Waals surface area contributed by atoms with E-state index in [2.05, 4.69) is 121 Å². The van der Waals surface area contributed by atoms with Gasteiger partial charge in [0.05, 0.1) is 18.5 Å². The van der Waals surface area contributed by atoms with Crippen molar-refractivity contribution in [3.05, 3.63) is 145 Å². The van der Waals surface area contributed by atoms with Gasteiger partial charge in [-0.15, -0.1) is 0 Å². The Balaban J connectivity index is 1.03. The van der Waals surface area contributed by atoms with Crippen molar-refractivity contribution >= 4 is 29.2 Å². The molecule has 2 aliphatic heterocycles. The molecule has 4 aromatic carbocycles. The number of nitrogens with one attached hydrogen (secondary N) is 4. The number of carbonyl (C=O) groups excluding carboxylic acids is 1. The second-order valence-electron chi connectivity index (χ2n) is 18.1. The maximum atomic E-state index is 12.8. The number of allylic oxidation sites excluding steroid dienone is 1. The van der Waals surface area contributed by atoms with E-state index in [9.17, 15) is 4.79 Å². The van der Waals surface area contributed by atoms with Crippen LogP contribution in [0.25, 0.3) is 39.1 Å². The minimum atomic E-state index is -0.209. The second-order valence-corrected chi connectivity index (χ2v) is 18.1. The summed E-state index contributed by atoms with van der Waals surface area (Å²) in [6, 6.07) is 36.9. The average molecular weight is 881 g/mol. The standard InChI is InChI=1S/C56H65N9O/c1-2-56(66)63-50-33-47(32-48(34-50)55-24-29-64(40-41-14-12-26-59-36-41)65(55)51-19-9-4-3-5-10-20-51)44-17-11-18-45(31-44)49-30-42(38-61-39-49)37-60-28-23-53(58)52-35-46(43-15-7-6-8-16-43)21-22-54(52)62-27-13-25-57/h2,6-8,11,15-18,21-23,28,30-35,38-39,41,51,55,59,62H,1,3-5,9-10,12-14,19-20,24,26-27,29,36-37,40,58H2,(H,63,66)/p+1/b53-23-,60-28?. The molecule has 2 saturated heterocycles. The van der Waals surface area contributed by atoms with Crippen LogP contribution >= 0.6 is 0 Å². The van der Waals surface area contributed by atoms with Crippen molar-refractivity contribution in [3.8, 4) is 39.4 Å². The lowest BCUT2D eigenvalue weighted by molar-refractivity contribution is -0.469. The first-order valence-corrected chi connectivity index (χ1v) is 24.2. The molecule has 10 heteroatoms. The van der Waals surface area contributed by atoms with E-state index in [1.165, 1.54) is 69.4 Å². The van der Waals surface area contributed by atoms with E-state index in [1.54, 1.807) is 0 Å². The monoisotopic (exact) mass is 881 g/mol. The number of nitrogens with zero attached hydrogens (tertiary/aromatic N) is 4. The molecule has 0 spiro atoms. The zero-order valence-corrected chi connectivity index (χ0v) is 38.4. The summed E-state index contributed by atoms with van der Waals surface area (Å²) < 4.78 is 0. The molecule has 3 fully saturated rings. The zero-order valence-electron chi connectivity index (χ0n) is 38.4. The molecule has 0 radical (unpaired) electrons. The molecule has 1 saturated carbocycles. The van der Waals surface area contributed by atoms with Gasteiger partial charge in [0.2, 0.25) is 5.91 Å². The van der Waals surface area contributed by atoms with Crippen molar-refractivity contribution in [3.63, 3.8) is 0 Å². The summed E-state index contributed by atoms with van der Waals surface area (Å²) in [4.78, 5) is 20.9. The molecule has 10 nitrogen and oxygen atoms in total. The van der Waals surface area contributed by atoms with Gasteiger partial charge in [0.15, 0.2) is 12.8 Å². The predicted molar refractivity (Wildman–Crippen MR) is 270 cm³/mol. The molecular formula is C56H66N9O+. The van der Waals surface area contributed by atoms with Crippen LogP contribution in [0.4, 0.5) is 11.4 Å². The third-order valence-corrected chi connectivity index (χ3v) is 13.4. The summed E-state index contributed by atoms with van der Waals surface area (Å²) in [6.07, 6.45) is 21.9. The number of hydrogen-bond donors (Lipinski definition) is 5. The first-order chi connectivity index (χ1) is 32.4. The molecular weight excluding hydrogens is 815 g/mol. The van der Waals surface area contributed by atoms with E-state index in [0.717, 1.165) is 88.5 Å². The molecule has 1 amide bonds. The molecule has 2 atom stereocenters. The summed E-state index contributed by atoms with van der Waals surface area (Å²) in [5, 5.41) is 24.8. The van der Waals surface area contributed by atoms with Crippen LogP contribution < -0.4 is 26.7 Å². The number of rotatable bonds is 16. The van der Waals surface area contributed by atoms with Crippen LogP contribution in [0.3, 0.4) is 0 Å². The maximum absolute atomic E-state index is 12.8. The van der Waals surface area contributed by atoms with Gasteiger partial charge in [-0.2, -0.15) is 5.26 Å². The highest BCUT2D eigenvalue weighted by molar-refractivity contribution is 5.99. The zero-order chi connectivity index (χ0) is 45.5. The van der Waals surface area contributed by atoms with Gasteiger partial charge in [0.25, 0.3) is 0 Å². The topological polar surface area (TPSA) is 136 Å². The first-order valence-electron chi connectivity index (χ1n) is 24.2. The van der Waals surface area contributed by atoms with E-state index in [1.807, 2.05) is 48.9 Å². The van der Waals surface area contributed by atoms with E-state index >= 15 is 0 Å². The molecule has 3 heterocycles. The number of aromatic nitrogens is 1. The number of carbonyl (C=O) groups is 1. The summed E-state index contributed by atoms with van der Waals surface area (Å²) in [6.45, 7) is 9.22. The van der Waals surface area contributed by atoms with Gasteiger partial charge >= 0.3 is 0 Å². The lowest BCUT2D eigenvalue weighted by Crippen LogP contribution is -2.66. The first kappa shape index (κ1) is 46.2. The fraction of sp³-hybridized carbons (Fsp3) is 0.357. The summed E-state index contributed by atoms with van der Waals surface area (Å²) in [5.74, 6) is 0.453. The predicted octanol–water partition coefficient (Wildman–Crippen LogP) is 9.26. The normalized spacial score (nSPS) is 18.9.